The normalized spacial score (nSPS) is 16.1. The van der Waals surface area contributed by atoms with E-state index in [0.717, 1.165) is 22.5 Å². The van der Waals surface area contributed by atoms with Crippen LogP contribution in [0.2, 0.25) is 5.04 Å². The van der Waals surface area contributed by atoms with Crippen molar-refractivity contribution < 1.29 is 9.90 Å². The number of hydrogen-bond acceptors (Lipinski definition) is 6. The largest absolute Gasteiger partial charge is 0.388 e. The summed E-state index contributed by atoms with van der Waals surface area (Å²) in [6.45, 7) is 7.25. The maximum Gasteiger partial charge on any atom is 0.167 e. The zero-order valence-electron chi connectivity index (χ0n) is 25.4. The molecule has 2 unspecified atom stereocenters. The molecule has 1 heterocycles. The average Bonchev–Trinajstić information content (AvgIpc) is 3.00. The average molecular weight is 620 g/mol. The number of carbonyl (C=O) groups excluding carboxylic acids is 1. The second kappa shape index (κ2) is 13.7. The van der Waals surface area contributed by atoms with Gasteiger partial charge >= 0.3 is 0 Å². The molecule has 1 aliphatic rings. The standard InChI is InChI=1S/C36H39N4O2SSi/c1-36(2,3)44(27-14-8-5-9-15-27)31-17-11-10-16-28(31)34(42)25-21-29(39-23-24-18-19-38-32(37)20-24)33(30(41)22-25)35(43)40-26-12-6-4-7-13-26/h4-20,25,34,39,42H,21-23H2,1-3H3,(H2,37,38)(H,40,43). The van der Waals surface area contributed by atoms with Gasteiger partial charge in [-0.1, -0.05) is 111 Å². The molecule has 0 amide bonds. The van der Waals surface area contributed by atoms with Gasteiger partial charge in [0.1, 0.15) is 19.6 Å². The molecule has 0 fully saturated rings. The van der Waals surface area contributed by atoms with E-state index in [4.69, 9.17) is 18.0 Å². The van der Waals surface area contributed by atoms with Gasteiger partial charge in [0, 0.05) is 36.5 Å². The quantitative estimate of drug-likeness (QED) is 0.144. The van der Waals surface area contributed by atoms with Crippen molar-refractivity contribution in [1.82, 2.24) is 10.3 Å². The number of rotatable bonds is 9. The third-order valence-electron chi connectivity index (χ3n) is 7.91. The minimum absolute atomic E-state index is 0.00824. The van der Waals surface area contributed by atoms with E-state index in [9.17, 15) is 9.90 Å². The molecule has 1 radical (unpaired) electrons. The van der Waals surface area contributed by atoms with E-state index in [1.165, 1.54) is 10.4 Å². The van der Waals surface area contributed by atoms with Crippen molar-refractivity contribution >= 4 is 53.7 Å². The number of nitrogen functional groups attached to an aromatic ring is 1. The molecule has 5 rings (SSSR count). The lowest BCUT2D eigenvalue weighted by Crippen LogP contribution is -2.51. The maximum atomic E-state index is 13.9. The molecule has 225 valence electrons. The summed E-state index contributed by atoms with van der Waals surface area (Å²) in [4.78, 5) is 18.3. The number of aliphatic hydroxyl groups is 1. The molecule has 4 aromatic rings. The number of anilines is 2. The Bertz CT molecular complexity index is 1650. The van der Waals surface area contributed by atoms with Crippen molar-refractivity contribution in [3.63, 3.8) is 0 Å². The first kappa shape index (κ1) is 31.3. The van der Waals surface area contributed by atoms with Crippen LogP contribution in [0.15, 0.2) is 115 Å². The highest BCUT2D eigenvalue weighted by Crippen LogP contribution is 2.37. The number of thiocarbonyl (C=S) groups is 1. The van der Waals surface area contributed by atoms with Gasteiger partial charge in [-0.05, 0) is 52.0 Å². The molecule has 0 bridgehead atoms. The number of nitrogens with one attached hydrogen (secondary N) is 2. The zero-order valence-corrected chi connectivity index (χ0v) is 27.2. The number of pyridine rings is 1. The molecule has 8 heteroatoms. The van der Waals surface area contributed by atoms with Crippen molar-refractivity contribution in [2.75, 3.05) is 11.1 Å². The third-order valence-corrected chi connectivity index (χ3v) is 11.6. The minimum atomic E-state index is -1.28. The predicted octanol–water partition coefficient (Wildman–Crippen LogP) is 5.57. The second-order valence-corrected chi connectivity index (χ2v) is 16.0. The van der Waals surface area contributed by atoms with Crippen LogP contribution in [0.25, 0.3) is 0 Å². The Morgan fingerprint density at radius 3 is 2.34 bits per heavy atom. The lowest BCUT2D eigenvalue weighted by molar-refractivity contribution is -0.117. The van der Waals surface area contributed by atoms with E-state index in [1.807, 2.05) is 54.6 Å². The summed E-state index contributed by atoms with van der Waals surface area (Å²) in [5.41, 5.74) is 9.75. The van der Waals surface area contributed by atoms with Gasteiger partial charge in [0.05, 0.1) is 11.7 Å². The van der Waals surface area contributed by atoms with Crippen LogP contribution in [-0.2, 0) is 11.3 Å². The van der Waals surface area contributed by atoms with E-state index in [0.29, 0.717) is 29.3 Å². The van der Waals surface area contributed by atoms with E-state index < -0.39 is 14.9 Å². The first-order valence-corrected chi connectivity index (χ1v) is 16.8. The van der Waals surface area contributed by atoms with Gasteiger partial charge in [-0.3, -0.25) is 4.79 Å². The first-order valence-electron chi connectivity index (χ1n) is 14.9. The number of Topliss-reactive ketones (excluding diaryl/α,β-unsaturated/α-hetero) is 1. The number of aromatic nitrogens is 1. The number of allylic oxidation sites excluding steroid dienone is 1. The number of benzene rings is 3. The molecule has 0 spiro atoms. The van der Waals surface area contributed by atoms with Crippen molar-refractivity contribution in [3.05, 3.63) is 126 Å². The molecule has 1 aliphatic carbocycles. The maximum absolute atomic E-state index is 13.9. The summed E-state index contributed by atoms with van der Waals surface area (Å²) in [5.74, 6) is 0.0163. The van der Waals surface area contributed by atoms with Gasteiger partial charge in [0.2, 0.25) is 0 Å². The Kier molecular flexibility index (Phi) is 9.73. The predicted molar refractivity (Wildman–Crippen MR) is 185 cm³/mol. The van der Waals surface area contributed by atoms with Crippen LogP contribution in [0, 0.1) is 5.92 Å². The van der Waals surface area contributed by atoms with Gasteiger partial charge in [-0.25, -0.2) is 4.98 Å². The highest BCUT2D eigenvalue weighted by atomic mass is 32.1. The fourth-order valence-corrected chi connectivity index (χ4v) is 9.60. The molecule has 0 saturated carbocycles. The van der Waals surface area contributed by atoms with Gasteiger partial charge in [0.25, 0.3) is 0 Å². The summed E-state index contributed by atoms with van der Waals surface area (Å²) in [5, 5.41) is 21.2. The number of aliphatic hydroxyl groups excluding tert-OH is 1. The van der Waals surface area contributed by atoms with E-state index in [2.05, 4.69) is 72.8 Å². The van der Waals surface area contributed by atoms with Gasteiger partial charge in [0.15, 0.2) is 5.78 Å². The van der Waals surface area contributed by atoms with E-state index >= 15 is 0 Å². The number of ketones is 1. The molecule has 5 N–H and O–H groups in total. The fraction of sp³-hybridized carbons (Fsp3) is 0.250. The van der Waals surface area contributed by atoms with Crippen LogP contribution in [-0.4, -0.2) is 29.7 Å². The van der Waals surface area contributed by atoms with Crippen molar-refractivity contribution in [2.45, 2.75) is 51.3 Å². The van der Waals surface area contributed by atoms with Crippen molar-refractivity contribution in [1.29, 1.82) is 0 Å². The fourth-order valence-electron chi connectivity index (χ4n) is 5.95. The first-order chi connectivity index (χ1) is 21.1. The summed E-state index contributed by atoms with van der Waals surface area (Å²) >= 11 is 5.79. The van der Waals surface area contributed by atoms with Crippen LogP contribution in [0.5, 0.6) is 0 Å². The highest BCUT2D eigenvalue weighted by Gasteiger charge is 2.38. The topological polar surface area (TPSA) is 100 Å². The third kappa shape index (κ3) is 7.33. The summed E-state index contributed by atoms with van der Waals surface area (Å²) < 4.78 is 0. The van der Waals surface area contributed by atoms with E-state index in [-0.39, 0.29) is 23.2 Å². The highest BCUT2D eigenvalue weighted by molar-refractivity contribution is 7.81. The Morgan fingerprint density at radius 1 is 1.00 bits per heavy atom. The number of para-hydroxylation sites is 1. The molecule has 0 saturated heterocycles. The molecule has 2 atom stereocenters. The van der Waals surface area contributed by atoms with Gasteiger partial charge in [-0.2, -0.15) is 0 Å². The van der Waals surface area contributed by atoms with Crippen LogP contribution in [0.1, 0.15) is 50.8 Å². The summed E-state index contributed by atoms with van der Waals surface area (Å²) in [6, 6.07) is 32.1. The van der Waals surface area contributed by atoms with Crippen molar-refractivity contribution in [3.8, 4) is 0 Å². The number of nitrogens with zero attached hydrogens (tertiary/aromatic N) is 1. The second-order valence-electron chi connectivity index (χ2n) is 12.2. The molecule has 44 heavy (non-hydrogen) atoms. The van der Waals surface area contributed by atoms with Crippen LogP contribution in [0.3, 0.4) is 0 Å². The van der Waals surface area contributed by atoms with Crippen LogP contribution < -0.4 is 26.7 Å². The Balaban J connectivity index is 1.49. The Morgan fingerprint density at radius 2 is 1.66 bits per heavy atom. The Labute approximate surface area is 267 Å². The zero-order chi connectivity index (χ0) is 31.3. The Hall–Kier alpha value is -4.11. The summed E-state index contributed by atoms with van der Waals surface area (Å²) in [7, 11) is -1.28. The smallest absolute Gasteiger partial charge is 0.167 e. The molecule has 3 aromatic carbocycles. The lowest BCUT2D eigenvalue weighted by atomic mass is 9.80. The SMILES string of the molecule is CC(C)(C)[Si](c1ccccc1)c1ccccc1C(O)C1CC(=O)C(C(=S)Nc2ccccc2)=C(NCc2ccnc(N)c2)C1. The lowest BCUT2D eigenvalue weighted by Gasteiger charge is -2.35. The monoisotopic (exact) mass is 619 g/mol. The number of carbonyl (C=O) groups is 1. The van der Waals surface area contributed by atoms with Crippen LogP contribution in [0.4, 0.5) is 11.5 Å². The van der Waals surface area contributed by atoms with E-state index in [1.54, 1.807) is 12.3 Å². The molecular formula is C36H39N4O2SSi. The summed E-state index contributed by atoms with van der Waals surface area (Å²) in [6.07, 6.45) is 1.50. The molecule has 1 aromatic heterocycles. The number of hydrogen-bond donors (Lipinski definition) is 4. The minimum Gasteiger partial charge on any atom is -0.388 e. The molecular weight excluding hydrogens is 581 g/mol. The number of nitrogens with two attached hydrogens (primary N) is 1. The molecule has 0 aliphatic heterocycles. The van der Waals surface area contributed by atoms with Crippen LogP contribution >= 0.6 is 12.2 Å². The van der Waals surface area contributed by atoms with Gasteiger partial charge < -0.3 is 21.5 Å². The van der Waals surface area contributed by atoms with Gasteiger partial charge in [-0.15, -0.1) is 0 Å². The molecule has 6 nitrogen and oxygen atoms in total. The van der Waals surface area contributed by atoms with Crippen molar-refractivity contribution in [2.24, 2.45) is 5.92 Å².